The van der Waals surface area contributed by atoms with E-state index in [9.17, 15) is 4.79 Å². The van der Waals surface area contributed by atoms with E-state index in [2.05, 4.69) is 29.0 Å². The predicted molar refractivity (Wildman–Crippen MR) is 82.9 cm³/mol. The molecule has 2 aliphatic rings. The molecule has 2 fully saturated rings. The molecule has 20 heavy (non-hydrogen) atoms. The fourth-order valence-corrected chi connectivity index (χ4v) is 3.61. The number of hydrogen-bond acceptors (Lipinski definition) is 2. The van der Waals surface area contributed by atoms with Crippen LogP contribution in [0.3, 0.4) is 0 Å². The summed E-state index contributed by atoms with van der Waals surface area (Å²) in [5.74, 6) is 0.611. The van der Waals surface area contributed by atoms with Gasteiger partial charge in [-0.25, -0.2) is 4.79 Å². The van der Waals surface area contributed by atoms with Gasteiger partial charge in [-0.05, 0) is 31.7 Å². The lowest BCUT2D eigenvalue weighted by Crippen LogP contribution is -2.54. The molecule has 0 saturated carbocycles. The first kappa shape index (κ1) is 15.6. The first-order valence-electron chi connectivity index (χ1n) is 8.53. The zero-order valence-corrected chi connectivity index (χ0v) is 13.2. The molecule has 4 heteroatoms. The molecular weight excluding hydrogens is 250 g/mol. The lowest BCUT2D eigenvalue weighted by molar-refractivity contribution is 0.114. The van der Waals surface area contributed by atoms with Gasteiger partial charge in [0.25, 0.3) is 0 Å². The highest BCUT2D eigenvalue weighted by Gasteiger charge is 2.31. The molecule has 2 heterocycles. The van der Waals surface area contributed by atoms with Crippen LogP contribution in [0.2, 0.25) is 0 Å². The van der Waals surface area contributed by atoms with E-state index < -0.39 is 0 Å². The number of urea groups is 1. The topological polar surface area (TPSA) is 35.6 Å². The average Bonchev–Trinajstić information content (AvgIpc) is 2.76. The van der Waals surface area contributed by atoms with Crippen molar-refractivity contribution in [2.75, 3.05) is 32.7 Å². The van der Waals surface area contributed by atoms with Gasteiger partial charge in [0.15, 0.2) is 0 Å². The van der Waals surface area contributed by atoms with Crippen molar-refractivity contribution in [2.45, 2.75) is 58.4 Å². The van der Waals surface area contributed by atoms with Gasteiger partial charge in [0.05, 0.1) is 0 Å². The van der Waals surface area contributed by atoms with Gasteiger partial charge in [-0.2, -0.15) is 0 Å². The quantitative estimate of drug-likeness (QED) is 0.863. The van der Waals surface area contributed by atoms with Crippen LogP contribution in [0.5, 0.6) is 0 Å². The Balaban J connectivity index is 1.90. The molecule has 4 nitrogen and oxygen atoms in total. The maximum atomic E-state index is 12.7. The molecule has 0 bridgehead atoms. The minimum atomic E-state index is 0.292. The monoisotopic (exact) mass is 281 g/mol. The van der Waals surface area contributed by atoms with Gasteiger partial charge < -0.3 is 15.1 Å². The Morgan fingerprint density at radius 2 is 1.75 bits per heavy atom. The number of nitrogens with one attached hydrogen (secondary N) is 1. The molecule has 2 amide bonds. The van der Waals surface area contributed by atoms with Gasteiger partial charge in [0, 0.05) is 32.2 Å². The van der Waals surface area contributed by atoms with Crippen LogP contribution < -0.4 is 5.32 Å². The average molecular weight is 281 g/mol. The third kappa shape index (κ3) is 3.87. The number of carbonyl (C=O) groups excluding carboxylic acids is 1. The lowest BCUT2D eigenvalue weighted by atomic mass is 9.90. The van der Waals surface area contributed by atoms with Gasteiger partial charge in [0.1, 0.15) is 0 Å². The van der Waals surface area contributed by atoms with Crippen LogP contribution in [-0.4, -0.2) is 54.6 Å². The summed E-state index contributed by atoms with van der Waals surface area (Å²) in [5, 5.41) is 3.58. The predicted octanol–water partition coefficient (Wildman–Crippen LogP) is 2.69. The van der Waals surface area contributed by atoms with Crippen LogP contribution in [0.1, 0.15) is 52.4 Å². The number of rotatable bonds is 3. The van der Waals surface area contributed by atoms with Crippen molar-refractivity contribution in [3.63, 3.8) is 0 Å². The van der Waals surface area contributed by atoms with Crippen molar-refractivity contribution in [3.05, 3.63) is 0 Å². The van der Waals surface area contributed by atoms with Crippen LogP contribution >= 0.6 is 0 Å². The van der Waals surface area contributed by atoms with E-state index in [1.54, 1.807) is 0 Å². The van der Waals surface area contributed by atoms with Gasteiger partial charge in [-0.1, -0.05) is 33.1 Å². The summed E-state index contributed by atoms with van der Waals surface area (Å²) < 4.78 is 0. The van der Waals surface area contributed by atoms with Crippen LogP contribution in [0.15, 0.2) is 0 Å². The smallest absolute Gasteiger partial charge is 0.320 e. The number of carbonyl (C=O) groups is 1. The fourth-order valence-electron chi connectivity index (χ4n) is 3.61. The van der Waals surface area contributed by atoms with Gasteiger partial charge in [0.2, 0.25) is 0 Å². The summed E-state index contributed by atoms with van der Waals surface area (Å²) in [5.41, 5.74) is 0. The molecule has 0 aromatic carbocycles. The van der Waals surface area contributed by atoms with Crippen molar-refractivity contribution in [3.8, 4) is 0 Å². The molecule has 1 N–H and O–H groups in total. The first-order valence-corrected chi connectivity index (χ1v) is 8.53. The van der Waals surface area contributed by atoms with E-state index in [-0.39, 0.29) is 0 Å². The highest BCUT2D eigenvalue weighted by atomic mass is 16.2. The molecule has 0 radical (unpaired) electrons. The summed E-state index contributed by atoms with van der Waals surface area (Å²) in [6, 6.07) is 0.887. The Labute approximate surface area is 123 Å². The molecular formula is C16H31N3O. The zero-order chi connectivity index (χ0) is 14.4. The van der Waals surface area contributed by atoms with Gasteiger partial charge in [-0.3, -0.25) is 0 Å². The second-order valence-corrected chi connectivity index (χ2v) is 6.25. The second kappa shape index (κ2) is 7.87. The minimum Gasteiger partial charge on any atom is -0.325 e. The third-order valence-electron chi connectivity index (χ3n) is 4.87. The van der Waals surface area contributed by atoms with Crippen LogP contribution in [0, 0.1) is 5.92 Å². The molecule has 2 saturated heterocycles. The van der Waals surface area contributed by atoms with Gasteiger partial charge in [-0.15, -0.1) is 0 Å². The Hall–Kier alpha value is -0.770. The molecule has 0 aromatic rings. The number of likely N-dealkylation sites (tertiary alicyclic amines) is 2. The van der Waals surface area contributed by atoms with Crippen LogP contribution in [-0.2, 0) is 0 Å². The summed E-state index contributed by atoms with van der Waals surface area (Å²) in [4.78, 5) is 16.9. The molecule has 2 atom stereocenters. The lowest BCUT2D eigenvalue weighted by Gasteiger charge is -2.40. The minimum absolute atomic E-state index is 0.292. The van der Waals surface area contributed by atoms with E-state index in [4.69, 9.17) is 0 Å². The highest BCUT2D eigenvalue weighted by molar-refractivity contribution is 5.74. The molecule has 0 aliphatic carbocycles. The standard InChI is InChI=1S/C16H31N3O/c1-3-14-13-19(12-9-15(14)17-4-2)16(20)18-10-7-5-6-8-11-18/h14-15,17H,3-13H2,1-2H3. The maximum Gasteiger partial charge on any atom is 0.320 e. The molecule has 0 spiro atoms. The Morgan fingerprint density at radius 1 is 1.05 bits per heavy atom. The highest BCUT2D eigenvalue weighted by Crippen LogP contribution is 2.22. The normalized spacial score (nSPS) is 28.3. The second-order valence-electron chi connectivity index (χ2n) is 6.25. The molecule has 116 valence electrons. The van der Waals surface area contributed by atoms with E-state index in [1.165, 1.54) is 25.7 Å². The number of nitrogens with zero attached hydrogens (tertiary/aromatic N) is 2. The summed E-state index contributed by atoms with van der Waals surface area (Å²) in [6.45, 7) is 9.22. The zero-order valence-electron chi connectivity index (χ0n) is 13.2. The number of hydrogen-bond donors (Lipinski definition) is 1. The molecule has 0 aromatic heterocycles. The van der Waals surface area contributed by atoms with Crippen LogP contribution in [0.25, 0.3) is 0 Å². The Kier molecular flexibility index (Phi) is 6.14. The SMILES string of the molecule is CCNC1CCN(C(=O)N2CCCCCC2)CC1CC. The number of piperidine rings is 1. The van der Waals surface area contributed by atoms with Crippen LogP contribution in [0.4, 0.5) is 4.79 Å². The summed E-state index contributed by atoms with van der Waals surface area (Å²) in [7, 11) is 0. The van der Waals surface area contributed by atoms with E-state index in [1.807, 2.05) is 0 Å². The van der Waals surface area contributed by atoms with Crippen molar-refractivity contribution in [2.24, 2.45) is 5.92 Å². The largest absolute Gasteiger partial charge is 0.325 e. The van der Waals surface area contributed by atoms with E-state index in [0.717, 1.165) is 45.6 Å². The summed E-state index contributed by atoms with van der Waals surface area (Å²) in [6.07, 6.45) is 7.18. The van der Waals surface area contributed by atoms with Crippen molar-refractivity contribution in [1.82, 2.24) is 15.1 Å². The van der Waals surface area contributed by atoms with Crippen molar-refractivity contribution in [1.29, 1.82) is 0 Å². The Morgan fingerprint density at radius 3 is 2.35 bits per heavy atom. The van der Waals surface area contributed by atoms with Crippen molar-refractivity contribution >= 4 is 6.03 Å². The first-order chi connectivity index (χ1) is 9.76. The van der Waals surface area contributed by atoms with Gasteiger partial charge >= 0.3 is 6.03 Å². The maximum absolute atomic E-state index is 12.7. The van der Waals surface area contributed by atoms with E-state index >= 15 is 0 Å². The third-order valence-corrected chi connectivity index (χ3v) is 4.87. The molecule has 2 rings (SSSR count). The summed E-state index contributed by atoms with van der Waals surface area (Å²) >= 11 is 0. The molecule has 2 unspecified atom stereocenters. The van der Waals surface area contributed by atoms with E-state index in [0.29, 0.717) is 18.0 Å². The molecule has 2 aliphatic heterocycles. The van der Waals surface area contributed by atoms with Crippen molar-refractivity contribution < 1.29 is 4.79 Å². The Bertz CT molecular complexity index is 300. The fraction of sp³-hybridized carbons (Fsp3) is 0.938. The number of amides is 2.